The van der Waals surface area contributed by atoms with Crippen molar-refractivity contribution in [3.05, 3.63) is 29.8 Å². The predicted molar refractivity (Wildman–Crippen MR) is 97.2 cm³/mol. The summed E-state index contributed by atoms with van der Waals surface area (Å²) in [5, 5.41) is 2.80. The van der Waals surface area contributed by atoms with Crippen LogP contribution in [0.1, 0.15) is 44.0 Å². The van der Waals surface area contributed by atoms with Gasteiger partial charge in [0.1, 0.15) is 0 Å². The number of nitrogens with one attached hydrogen (secondary N) is 1. The molecule has 2 rings (SSSR count). The Morgan fingerprint density at radius 3 is 2.27 bits per heavy atom. The molecule has 1 aromatic carbocycles. The lowest BCUT2D eigenvalue weighted by Crippen LogP contribution is -2.37. The predicted octanol–water partition coefficient (Wildman–Crippen LogP) is 1.79. The number of amides is 1. The molecule has 0 bridgehead atoms. The van der Waals surface area contributed by atoms with E-state index in [4.69, 9.17) is 4.74 Å². The van der Waals surface area contributed by atoms with E-state index in [1.54, 1.807) is 13.8 Å². The number of rotatable bonds is 9. The molecule has 1 saturated carbocycles. The maximum Gasteiger partial charge on any atom is 0.338 e. The van der Waals surface area contributed by atoms with Gasteiger partial charge in [0, 0.05) is 19.1 Å². The number of sulfonamides is 1. The third-order valence-corrected chi connectivity index (χ3v) is 6.55. The second kappa shape index (κ2) is 8.64. The van der Waals surface area contributed by atoms with Crippen molar-refractivity contribution in [1.29, 1.82) is 0 Å². The van der Waals surface area contributed by atoms with Crippen molar-refractivity contribution in [3.63, 3.8) is 0 Å². The van der Waals surface area contributed by atoms with E-state index in [-0.39, 0.29) is 29.0 Å². The summed E-state index contributed by atoms with van der Waals surface area (Å²) in [6.45, 7) is 5.86. The molecule has 1 amide bonds. The van der Waals surface area contributed by atoms with Crippen molar-refractivity contribution < 1.29 is 22.7 Å². The first-order valence-electron chi connectivity index (χ1n) is 8.86. The summed E-state index contributed by atoms with van der Waals surface area (Å²) >= 11 is 0. The molecule has 1 fully saturated rings. The number of carbonyl (C=O) groups is 2. The number of benzene rings is 1. The fourth-order valence-electron chi connectivity index (χ4n) is 2.70. The first kappa shape index (κ1) is 20.4. The van der Waals surface area contributed by atoms with Crippen LogP contribution >= 0.6 is 0 Å². The second-order valence-electron chi connectivity index (χ2n) is 6.38. The summed E-state index contributed by atoms with van der Waals surface area (Å²) in [5.41, 5.74) is 0.200. The zero-order valence-electron chi connectivity index (χ0n) is 15.4. The molecule has 26 heavy (non-hydrogen) atoms. The van der Waals surface area contributed by atoms with Crippen LogP contribution in [0.25, 0.3) is 0 Å². The van der Waals surface area contributed by atoms with Crippen LogP contribution in [-0.2, 0) is 19.6 Å². The van der Waals surface area contributed by atoms with Crippen molar-refractivity contribution in [2.75, 3.05) is 19.7 Å². The van der Waals surface area contributed by atoms with E-state index in [0.29, 0.717) is 19.0 Å². The lowest BCUT2D eigenvalue weighted by molar-refractivity contribution is -0.124. The maximum atomic E-state index is 12.4. The van der Waals surface area contributed by atoms with Crippen LogP contribution in [0.4, 0.5) is 0 Å². The van der Waals surface area contributed by atoms with Crippen LogP contribution in [0.2, 0.25) is 0 Å². The lowest BCUT2D eigenvalue weighted by Gasteiger charge is -2.18. The van der Waals surface area contributed by atoms with Crippen molar-refractivity contribution in [1.82, 2.24) is 9.62 Å². The highest BCUT2D eigenvalue weighted by atomic mass is 32.2. The molecule has 0 aliphatic heterocycles. The Bertz CT molecular complexity index is 737. The summed E-state index contributed by atoms with van der Waals surface area (Å²) in [5.74, 6) is -0.473. The van der Waals surface area contributed by atoms with Crippen LogP contribution in [-0.4, -0.2) is 50.3 Å². The quantitative estimate of drug-likeness (QED) is 0.657. The van der Waals surface area contributed by atoms with Crippen molar-refractivity contribution in [2.45, 2.75) is 44.6 Å². The summed E-state index contributed by atoms with van der Waals surface area (Å²) in [4.78, 5) is 23.9. The Morgan fingerprint density at radius 2 is 1.77 bits per heavy atom. The first-order chi connectivity index (χ1) is 12.3. The molecule has 144 valence electrons. The molecule has 0 saturated heterocycles. The summed E-state index contributed by atoms with van der Waals surface area (Å²) in [6, 6.07) is 5.62. The second-order valence-corrected chi connectivity index (χ2v) is 8.32. The number of ether oxygens (including phenoxy) is 1. The van der Waals surface area contributed by atoms with E-state index < -0.39 is 16.0 Å². The van der Waals surface area contributed by atoms with Crippen LogP contribution in [0, 0.1) is 5.92 Å². The SMILES string of the molecule is CCN(CC)S(=O)(=O)c1ccc(C(=O)OCC(=O)N[C@H](C)C2CC2)cc1. The number of hydrogen-bond donors (Lipinski definition) is 1. The van der Waals surface area contributed by atoms with Crippen molar-refractivity contribution in [3.8, 4) is 0 Å². The van der Waals surface area contributed by atoms with E-state index >= 15 is 0 Å². The first-order valence-corrected chi connectivity index (χ1v) is 10.3. The normalized spacial score (nSPS) is 15.5. The standard InChI is InChI=1S/C18H26N2O5S/c1-4-20(5-2)26(23,24)16-10-8-15(9-11-16)18(22)25-12-17(21)19-13(3)14-6-7-14/h8-11,13-14H,4-7,12H2,1-3H3,(H,19,21)/t13-/m1/s1. The summed E-state index contributed by atoms with van der Waals surface area (Å²) < 4.78 is 31.2. The maximum absolute atomic E-state index is 12.4. The molecule has 0 aromatic heterocycles. The number of esters is 1. The molecule has 1 aromatic rings. The van der Waals surface area contributed by atoms with E-state index in [0.717, 1.165) is 12.8 Å². The van der Waals surface area contributed by atoms with Crippen LogP contribution in [0.5, 0.6) is 0 Å². The molecule has 0 radical (unpaired) electrons. The molecule has 8 heteroatoms. The van der Waals surface area contributed by atoms with Gasteiger partial charge >= 0.3 is 5.97 Å². The molecule has 1 aliphatic rings. The topological polar surface area (TPSA) is 92.8 Å². The highest BCUT2D eigenvalue weighted by Gasteiger charge is 2.29. The van der Waals surface area contributed by atoms with E-state index in [9.17, 15) is 18.0 Å². The minimum Gasteiger partial charge on any atom is -0.452 e. The van der Waals surface area contributed by atoms with E-state index in [1.165, 1.54) is 28.6 Å². The van der Waals surface area contributed by atoms with Crippen LogP contribution in [0.15, 0.2) is 29.2 Å². The van der Waals surface area contributed by atoms with Gasteiger partial charge in [-0.1, -0.05) is 13.8 Å². The Morgan fingerprint density at radius 1 is 1.19 bits per heavy atom. The summed E-state index contributed by atoms with van der Waals surface area (Å²) in [7, 11) is -3.57. The van der Waals surface area contributed by atoms with E-state index in [1.807, 2.05) is 6.92 Å². The third-order valence-electron chi connectivity index (χ3n) is 4.49. The number of hydrogen-bond acceptors (Lipinski definition) is 5. The van der Waals surface area contributed by atoms with E-state index in [2.05, 4.69) is 5.32 Å². The molecule has 1 aliphatic carbocycles. The smallest absolute Gasteiger partial charge is 0.338 e. The van der Waals surface area contributed by atoms with Crippen molar-refractivity contribution >= 4 is 21.9 Å². The Hall–Kier alpha value is -1.93. The largest absolute Gasteiger partial charge is 0.452 e. The van der Waals surface area contributed by atoms with Gasteiger partial charge < -0.3 is 10.1 Å². The highest BCUT2D eigenvalue weighted by Crippen LogP contribution is 2.32. The van der Waals surface area contributed by atoms with Gasteiger partial charge in [0.15, 0.2) is 6.61 Å². The Kier molecular flexibility index (Phi) is 6.77. The molecule has 7 nitrogen and oxygen atoms in total. The fraction of sp³-hybridized carbons (Fsp3) is 0.556. The summed E-state index contributed by atoms with van der Waals surface area (Å²) in [6.07, 6.45) is 2.23. The van der Waals surface area contributed by atoms with Gasteiger partial charge in [0.2, 0.25) is 10.0 Å². The molecule has 0 heterocycles. The Balaban J connectivity index is 1.92. The van der Waals surface area contributed by atoms with Gasteiger partial charge in [-0.05, 0) is 49.9 Å². The minimum atomic E-state index is -3.57. The molecular weight excluding hydrogens is 356 g/mol. The Labute approximate surface area is 154 Å². The average molecular weight is 382 g/mol. The molecule has 1 atom stereocenters. The highest BCUT2D eigenvalue weighted by molar-refractivity contribution is 7.89. The van der Waals surface area contributed by atoms with Gasteiger partial charge in [-0.3, -0.25) is 4.79 Å². The van der Waals surface area contributed by atoms with Crippen molar-refractivity contribution in [2.24, 2.45) is 5.92 Å². The van der Waals surface area contributed by atoms with Gasteiger partial charge in [-0.15, -0.1) is 0 Å². The van der Waals surface area contributed by atoms with Crippen LogP contribution < -0.4 is 5.32 Å². The number of nitrogens with zero attached hydrogens (tertiary/aromatic N) is 1. The lowest BCUT2D eigenvalue weighted by atomic mass is 10.2. The minimum absolute atomic E-state index is 0.0887. The van der Waals surface area contributed by atoms with Gasteiger partial charge in [-0.25, -0.2) is 13.2 Å². The van der Waals surface area contributed by atoms with Gasteiger partial charge in [0.25, 0.3) is 5.91 Å². The monoisotopic (exact) mass is 382 g/mol. The van der Waals surface area contributed by atoms with Gasteiger partial charge in [0.05, 0.1) is 10.5 Å². The third kappa shape index (κ3) is 5.04. The average Bonchev–Trinajstić information content (AvgIpc) is 3.45. The zero-order chi connectivity index (χ0) is 19.3. The van der Waals surface area contributed by atoms with Gasteiger partial charge in [-0.2, -0.15) is 4.31 Å². The molecular formula is C18H26N2O5S. The molecule has 0 unspecified atom stereocenters. The fourth-order valence-corrected chi connectivity index (χ4v) is 4.16. The number of carbonyl (C=O) groups excluding carboxylic acids is 2. The zero-order valence-corrected chi connectivity index (χ0v) is 16.2. The molecule has 0 spiro atoms. The molecule has 1 N–H and O–H groups in total. The van der Waals surface area contributed by atoms with Crippen LogP contribution in [0.3, 0.4) is 0 Å².